The number of aromatic nitrogens is 1. The average Bonchev–Trinajstić information content (AvgIpc) is 2.98. The van der Waals surface area contributed by atoms with Crippen molar-refractivity contribution < 1.29 is 9.21 Å². The molecule has 2 aromatic heterocycles. The van der Waals surface area contributed by atoms with Crippen LogP contribution in [0.1, 0.15) is 16.1 Å². The van der Waals surface area contributed by atoms with Gasteiger partial charge in [0.05, 0.1) is 0 Å². The zero-order chi connectivity index (χ0) is 17.4. The van der Waals surface area contributed by atoms with Crippen molar-refractivity contribution in [3.8, 4) is 0 Å². The van der Waals surface area contributed by atoms with Crippen molar-refractivity contribution in [1.82, 2.24) is 9.88 Å². The van der Waals surface area contributed by atoms with Crippen molar-refractivity contribution in [2.45, 2.75) is 6.92 Å². The van der Waals surface area contributed by atoms with E-state index in [1.807, 2.05) is 36.1 Å². The maximum absolute atomic E-state index is 12.9. The molecule has 3 aromatic rings. The second-order valence-corrected chi connectivity index (χ2v) is 6.62. The van der Waals surface area contributed by atoms with Gasteiger partial charge < -0.3 is 14.2 Å². The number of halogens is 1. The van der Waals surface area contributed by atoms with Crippen LogP contribution < -0.4 is 4.90 Å². The minimum atomic E-state index is -0.0563. The lowest BCUT2D eigenvalue weighted by molar-refractivity contribution is 0.0716. The van der Waals surface area contributed by atoms with Gasteiger partial charge in [0.2, 0.25) is 0 Å². The smallest absolute Gasteiger partial charge is 0.290 e. The quantitative estimate of drug-likeness (QED) is 0.702. The topological polar surface area (TPSA) is 49.6 Å². The van der Waals surface area contributed by atoms with Crippen molar-refractivity contribution in [2.75, 3.05) is 31.1 Å². The molecule has 0 atom stereocenters. The Hall–Kier alpha value is -2.53. The first kappa shape index (κ1) is 16.0. The van der Waals surface area contributed by atoms with E-state index in [4.69, 9.17) is 16.0 Å². The number of carbonyl (C=O) groups excluding carboxylic acids is 1. The highest BCUT2D eigenvalue weighted by atomic mass is 35.5. The Balaban J connectivity index is 1.52. The van der Waals surface area contributed by atoms with Gasteiger partial charge in [0, 0.05) is 60.2 Å². The number of amides is 1. The summed E-state index contributed by atoms with van der Waals surface area (Å²) < 4.78 is 5.81. The summed E-state index contributed by atoms with van der Waals surface area (Å²) in [5, 5.41) is 1.53. The number of hydrogen-bond acceptors (Lipinski definition) is 4. The third kappa shape index (κ3) is 2.96. The molecule has 4 rings (SSSR count). The number of furan rings is 1. The van der Waals surface area contributed by atoms with Crippen molar-refractivity contribution in [3.63, 3.8) is 0 Å². The third-order valence-electron chi connectivity index (χ3n) is 4.69. The molecule has 1 saturated heterocycles. The molecule has 1 aromatic carbocycles. The van der Waals surface area contributed by atoms with Crippen LogP contribution in [0.2, 0.25) is 5.02 Å². The zero-order valence-corrected chi connectivity index (χ0v) is 14.7. The van der Waals surface area contributed by atoms with E-state index >= 15 is 0 Å². The van der Waals surface area contributed by atoms with Gasteiger partial charge in [-0.3, -0.25) is 9.78 Å². The second-order valence-electron chi connectivity index (χ2n) is 6.18. The summed E-state index contributed by atoms with van der Waals surface area (Å²) in [5.74, 6) is 0.355. The number of aryl methyl sites for hydroxylation is 1. The monoisotopic (exact) mass is 355 g/mol. The summed E-state index contributed by atoms with van der Waals surface area (Å²) >= 11 is 6.06. The average molecular weight is 356 g/mol. The Morgan fingerprint density at radius 2 is 1.84 bits per heavy atom. The van der Waals surface area contributed by atoms with Crippen LogP contribution in [-0.4, -0.2) is 42.0 Å². The van der Waals surface area contributed by atoms with E-state index in [2.05, 4.69) is 9.88 Å². The lowest BCUT2D eigenvalue weighted by Gasteiger charge is -2.35. The van der Waals surface area contributed by atoms with Gasteiger partial charge in [-0.1, -0.05) is 11.6 Å². The van der Waals surface area contributed by atoms with Crippen LogP contribution in [0.3, 0.4) is 0 Å². The maximum atomic E-state index is 12.9. The molecule has 1 aliphatic heterocycles. The number of anilines is 1. The summed E-state index contributed by atoms with van der Waals surface area (Å²) in [7, 11) is 0. The Morgan fingerprint density at radius 1 is 1.12 bits per heavy atom. The van der Waals surface area contributed by atoms with Gasteiger partial charge in [-0.15, -0.1) is 0 Å². The van der Waals surface area contributed by atoms with Gasteiger partial charge in [-0.25, -0.2) is 0 Å². The van der Waals surface area contributed by atoms with Gasteiger partial charge >= 0.3 is 0 Å². The van der Waals surface area contributed by atoms with Gasteiger partial charge in [0.15, 0.2) is 5.76 Å². The van der Waals surface area contributed by atoms with Gasteiger partial charge in [0.1, 0.15) is 5.58 Å². The van der Waals surface area contributed by atoms with E-state index in [1.54, 1.807) is 18.5 Å². The van der Waals surface area contributed by atoms with E-state index < -0.39 is 0 Å². The number of rotatable bonds is 2. The third-order valence-corrected chi connectivity index (χ3v) is 4.92. The van der Waals surface area contributed by atoms with Crippen molar-refractivity contribution >= 4 is 34.2 Å². The molecule has 0 unspecified atom stereocenters. The molecule has 1 amide bonds. The molecule has 0 aliphatic carbocycles. The molecule has 6 heteroatoms. The van der Waals surface area contributed by atoms with Crippen molar-refractivity contribution in [3.05, 3.63) is 59.1 Å². The summed E-state index contributed by atoms with van der Waals surface area (Å²) in [6.07, 6.45) is 3.57. The summed E-state index contributed by atoms with van der Waals surface area (Å²) in [6, 6.07) is 9.40. The predicted octanol–water partition coefficient (Wildman–Crippen LogP) is 3.75. The van der Waals surface area contributed by atoms with E-state index in [0.29, 0.717) is 29.5 Å². The number of piperazine rings is 1. The first-order chi connectivity index (χ1) is 12.1. The minimum Gasteiger partial charge on any atom is -0.451 e. The molecular formula is C19H18ClN3O2. The van der Waals surface area contributed by atoms with Crippen LogP contribution >= 0.6 is 11.6 Å². The fourth-order valence-electron chi connectivity index (χ4n) is 3.26. The van der Waals surface area contributed by atoms with E-state index in [-0.39, 0.29) is 5.91 Å². The molecule has 0 radical (unpaired) electrons. The molecule has 0 N–H and O–H groups in total. The SMILES string of the molecule is Cc1c(C(=O)N2CCN(c3ccncc3)CC2)oc2ccc(Cl)cc12. The Labute approximate surface area is 150 Å². The molecule has 0 bridgehead atoms. The number of fused-ring (bicyclic) bond motifs is 1. The molecule has 128 valence electrons. The fourth-order valence-corrected chi connectivity index (χ4v) is 3.44. The van der Waals surface area contributed by atoms with Crippen LogP contribution in [0.4, 0.5) is 5.69 Å². The van der Waals surface area contributed by atoms with E-state index in [0.717, 1.165) is 29.7 Å². The largest absolute Gasteiger partial charge is 0.451 e. The summed E-state index contributed by atoms with van der Waals surface area (Å²) in [5.41, 5.74) is 2.68. The fraction of sp³-hybridized carbons (Fsp3) is 0.263. The first-order valence-corrected chi connectivity index (χ1v) is 8.64. The number of benzene rings is 1. The van der Waals surface area contributed by atoms with Crippen LogP contribution in [0.25, 0.3) is 11.0 Å². The Morgan fingerprint density at radius 3 is 2.56 bits per heavy atom. The second kappa shape index (κ2) is 6.41. The number of nitrogens with zero attached hydrogens (tertiary/aromatic N) is 3. The molecule has 5 nitrogen and oxygen atoms in total. The molecular weight excluding hydrogens is 338 g/mol. The van der Waals surface area contributed by atoms with Crippen LogP contribution in [0.5, 0.6) is 0 Å². The Bertz CT molecular complexity index is 915. The number of hydrogen-bond donors (Lipinski definition) is 0. The molecule has 3 heterocycles. The molecule has 1 fully saturated rings. The Kier molecular flexibility index (Phi) is 4.09. The highest BCUT2D eigenvalue weighted by Crippen LogP contribution is 2.29. The maximum Gasteiger partial charge on any atom is 0.290 e. The molecule has 0 spiro atoms. The van der Waals surface area contributed by atoms with E-state index in [1.165, 1.54) is 0 Å². The lowest BCUT2D eigenvalue weighted by atomic mass is 10.1. The predicted molar refractivity (Wildman–Crippen MR) is 98.3 cm³/mol. The highest BCUT2D eigenvalue weighted by Gasteiger charge is 2.26. The molecule has 0 saturated carbocycles. The normalized spacial score (nSPS) is 15.0. The summed E-state index contributed by atoms with van der Waals surface area (Å²) in [4.78, 5) is 21.0. The lowest BCUT2D eigenvalue weighted by Crippen LogP contribution is -2.48. The standard InChI is InChI=1S/C19H18ClN3O2/c1-13-16-12-14(20)2-3-17(16)25-18(13)19(24)23-10-8-22(9-11-23)15-4-6-21-7-5-15/h2-7,12H,8-11H2,1H3. The van der Waals surface area contributed by atoms with E-state index in [9.17, 15) is 4.79 Å². The van der Waals surface area contributed by atoms with Gasteiger partial charge in [-0.2, -0.15) is 0 Å². The van der Waals surface area contributed by atoms with Crippen LogP contribution in [0, 0.1) is 6.92 Å². The zero-order valence-electron chi connectivity index (χ0n) is 13.9. The number of carbonyl (C=O) groups is 1. The highest BCUT2D eigenvalue weighted by molar-refractivity contribution is 6.31. The van der Waals surface area contributed by atoms with Crippen LogP contribution in [-0.2, 0) is 0 Å². The van der Waals surface area contributed by atoms with Gasteiger partial charge in [0.25, 0.3) is 5.91 Å². The van der Waals surface area contributed by atoms with Crippen molar-refractivity contribution in [1.29, 1.82) is 0 Å². The first-order valence-electron chi connectivity index (χ1n) is 8.26. The molecule has 1 aliphatic rings. The summed E-state index contributed by atoms with van der Waals surface area (Å²) in [6.45, 7) is 4.82. The minimum absolute atomic E-state index is 0.0563. The van der Waals surface area contributed by atoms with Gasteiger partial charge in [-0.05, 0) is 37.3 Å². The van der Waals surface area contributed by atoms with Crippen LogP contribution in [0.15, 0.2) is 47.1 Å². The number of pyridine rings is 1. The molecule has 25 heavy (non-hydrogen) atoms. The van der Waals surface area contributed by atoms with Crippen molar-refractivity contribution in [2.24, 2.45) is 0 Å².